The van der Waals surface area contributed by atoms with Crippen molar-refractivity contribution >= 4 is 16.8 Å². The molecule has 0 unspecified atom stereocenters. The fourth-order valence-corrected chi connectivity index (χ4v) is 4.73. The number of rotatable bonds is 2. The lowest BCUT2D eigenvalue weighted by atomic mass is 9.77. The van der Waals surface area contributed by atoms with Gasteiger partial charge < -0.3 is 10.3 Å². The summed E-state index contributed by atoms with van der Waals surface area (Å²) in [5, 5.41) is 4.53. The zero-order chi connectivity index (χ0) is 14.7. The predicted molar refractivity (Wildman–Crippen MR) is 85.8 cm³/mol. The average Bonchev–Trinajstić information content (AvgIpc) is 3.18. The molecule has 1 aliphatic carbocycles. The molecule has 1 spiro atoms. The van der Waals surface area contributed by atoms with Gasteiger partial charge in [-0.3, -0.25) is 9.69 Å². The number of fused-ring (bicyclic) bond motifs is 3. The number of nitrogens with one attached hydrogen (secondary N) is 2. The van der Waals surface area contributed by atoms with Gasteiger partial charge in [0.2, 0.25) is 0 Å². The number of carbonyl (C=O) groups excluding carboxylic acids is 1. The van der Waals surface area contributed by atoms with Crippen molar-refractivity contribution in [3.8, 4) is 0 Å². The maximum Gasteiger partial charge on any atom is 0.251 e. The van der Waals surface area contributed by atoms with E-state index in [1.807, 2.05) is 30.5 Å². The lowest BCUT2D eigenvalue weighted by Gasteiger charge is -2.52. The van der Waals surface area contributed by atoms with Gasteiger partial charge in [0.15, 0.2) is 0 Å². The van der Waals surface area contributed by atoms with Crippen LogP contribution >= 0.6 is 0 Å². The highest BCUT2D eigenvalue weighted by Gasteiger charge is 2.60. The molecule has 6 rings (SSSR count). The maximum atomic E-state index is 12.7. The number of carbonyl (C=O) groups is 1. The molecule has 0 radical (unpaired) electrons. The number of nitrogens with zero attached hydrogens (tertiary/aromatic N) is 1. The molecule has 4 aliphatic rings. The molecule has 2 N–H and O–H groups in total. The Morgan fingerprint density at radius 1 is 1.23 bits per heavy atom. The van der Waals surface area contributed by atoms with Gasteiger partial charge in [0.25, 0.3) is 5.91 Å². The summed E-state index contributed by atoms with van der Waals surface area (Å²) < 4.78 is 0. The first kappa shape index (κ1) is 12.7. The molecule has 2 aromatic rings. The van der Waals surface area contributed by atoms with Crippen LogP contribution in [0.25, 0.3) is 10.9 Å². The van der Waals surface area contributed by atoms with Crippen molar-refractivity contribution in [3.63, 3.8) is 0 Å². The van der Waals surface area contributed by atoms with Gasteiger partial charge in [-0.1, -0.05) is 6.07 Å². The van der Waals surface area contributed by atoms with E-state index >= 15 is 0 Å². The third kappa shape index (κ3) is 1.70. The fourth-order valence-electron chi connectivity index (χ4n) is 4.73. The highest BCUT2D eigenvalue weighted by Crippen LogP contribution is 2.53. The second-order valence-electron chi connectivity index (χ2n) is 7.16. The van der Waals surface area contributed by atoms with Crippen LogP contribution in [0.2, 0.25) is 0 Å². The Balaban J connectivity index is 1.42. The van der Waals surface area contributed by atoms with Crippen molar-refractivity contribution in [1.29, 1.82) is 0 Å². The van der Waals surface area contributed by atoms with E-state index in [4.69, 9.17) is 0 Å². The van der Waals surface area contributed by atoms with Crippen LogP contribution in [0.3, 0.4) is 0 Å². The molecule has 114 valence electrons. The molecular weight excluding hydrogens is 274 g/mol. The summed E-state index contributed by atoms with van der Waals surface area (Å²) in [4.78, 5) is 18.5. The smallest absolute Gasteiger partial charge is 0.251 e. The highest BCUT2D eigenvalue weighted by molar-refractivity contribution is 5.98. The third-order valence-corrected chi connectivity index (χ3v) is 6.09. The zero-order valence-corrected chi connectivity index (χ0v) is 12.6. The Morgan fingerprint density at radius 2 is 2.05 bits per heavy atom. The topological polar surface area (TPSA) is 48.1 Å². The van der Waals surface area contributed by atoms with E-state index < -0.39 is 0 Å². The summed E-state index contributed by atoms with van der Waals surface area (Å²) in [6.45, 7) is 2.46. The van der Waals surface area contributed by atoms with E-state index in [0.717, 1.165) is 16.5 Å². The number of aromatic nitrogens is 1. The van der Waals surface area contributed by atoms with Crippen molar-refractivity contribution in [1.82, 2.24) is 15.2 Å². The molecule has 1 aromatic heterocycles. The number of amides is 1. The lowest BCUT2D eigenvalue weighted by Crippen LogP contribution is -2.65. The number of hydrogen-bond donors (Lipinski definition) is 2. The number of hydrogen-bond acceptors (Lipinski definition) is 2. The molecule has 4 heteroatoms. The van der Waals surface area contributed by atoms with Crippen molar-refractivity contribution in [3.05, 3.63) is 36.0 Å². The van der Waals surface area contributed by atoms with Crippen LogP contribution in [0.4, 0.5) is 0 Å². The normalized spacial score (nSPS) is 31.5. The summed E-state index contributed by atoms with van der Waals surface area (Å²) in [5.41, 5.74) is 2.10. The average molecular weight is 295 g/mol. The fraction of sp³-hybridized carbons (Fsp3) is 0.500. The Bertz CT molecular complexity index is 738. The predicted octanol–water partition coefficient (Wildman–Crippen LogP) is 2.52. The van der Waals surface area contributed by atoms with Crippen LogP contribution in [0.5, 0.6) is 0 Å². The minimum Gasteiger partial charge on any atom is -0.361 e. The second kappa shape index (κ2) is 4.35. The van der Waals surface area contributed by atoms with E-state index in [2.05, 4.69) is 15.2 Å². The second-order valence-corrected chi connectivity index (χ2v) is 7.16. The summed E-state index contributed by atoms with van der Waals surface area (Å²) >= 11 is 0. The van der Waals surface area contributed by atoms with Gasteiger partial charge in [-0.15, -0.1) is 0 Å². The van der Waals surface area contributed by atoms with Gasteiger partial charge in [0, 0.05) is 22.8 Å². The first-order chi connectivity index (χ1) is 10.8. The van der Waals surface area contributed by atoms with E-state index in [-0.39, 0.29) is 5.91 Å². The van der Waals surface area contributed by atoms with Crippen LogP contribution in [0, 0.1) is 5.92 Å². The number of piperidine rings is 3. The molecule has 2 bridgehead atoms. The Morgan fingerprint density at radius 3 is 2.82 bits per heavy atom. The Labute approximate surface area is 129 Å². The standard InChI is InChI=1S/C18H21N3O/c22-17(14-2-1-12-3-8-19-15(12)11-14)20-16-13-4-9-21(10-5-13)18(16)6-7-18/h1-3,8,11,13,16,19H,4-7,9-10H2,(H,20,22)/t16-/m1/s1. The molecule has 4 nitrogen and oxygen atoms in total. The Hall–Kier alpha value is -1.81. The zero-order valence-electron chi connectivity index (χ0n) is 12.6. The van der Waals surface area contributed by atoms with Crippen LogP contribution in [0.1, 0.15) is 36.0 Å². The molecule has 4 fully saturated rings. The highest BCUT2D eigenvalue weighted by atomic mass is 16.1. The van der Waals surface area contributed by atoms with E-state index in [1.54, 1.807) is 0 Å². The van der Waals surface area contributed by atoms with Crippen molar-refractivity contribution in [2.75, 3.05) is 13.1 Å². The molecule has 1 atom stereocenters. The minimum atomic E-state index is 0.0847. The minimum absolute atomic E-state index is 0.0847. The summed E-state index contributed by atoms with van der Waals surface area (Å²) in [5.74, 6) is 0.757. The van der Waals surface area contributed by atoms with Gasteiger partial charge in [0.1, 0.15) is 0 Å². The first-order valence-corrected chi connectivity index (χ1v) is 8.39. The molecule has 1 amide bonds. The monoisotopic (exact) mass is 295 g/mol. The van der Waals surface area contributed by atoms with Gasteiger partial charge in [0.05, 0.1) is 6.04 Å². The number of aromatic amines is 1. The molecule has 3 saturated heterocycles. The van der Waals surface area contributed by atoms with E-state index in [0.29, 0.717) is 17.5 Å². The molecule has 1 aromatic carbocycles. The van der Waals surface area contributed by atoms with Crippen molar-refractivity contribution in [2.24, 2.45) is 5.92 Å². The molecule has 4 heterocycles. The quantitative estimate of drug-likeness (QED) is 0.894. The third-order valence-electron chi connectivity index (χ3n) is 6.09. The van der Waals surface area contributed by atoms with Crippen LogP contribution in [-0.4, -0.2) is 40.5 Å². The Kier molecular flexibility index (Phi) is 2.51. The SMILES string of the molecule is O=C(N[C@@H]1C2CCN(CC2)C12CC2)c1ccc2cc[nH]c2c1. The summed E-state index contributed by atoms with van der Waals surface area (Å²) in [7, 11) is 0. The van der Waals surface area contributed by atoms with Gasteiger partial charge >= 0.3 is 0 Å². The number of H-pyrrole nitrogens is 1. The van der Waals surface area contributed by atoms with Crippen molar-refractivity contribution < 1.29 is 4.79 Å². The molecule has 3 aliphatic heterocycles. The van der Waals surface area contributed by atoms with Gasteiger partial charge in [-0.05, 0) is 68.3 Å². The number of benzene rings is 1. The molecular formula is C18H21N3O. The van der Waals surface area contributed by atoms with Crippen LogP contribution in [-0.2, 0) is 0 Å². The van der Waals surface area contributed by atoms with Crippen LogP contribution in [0.15, 0.2) is 30.5 Å². The van der Waals surface area contributed by atoms with Gasteiger partial charge in [-0.25, -0.2) is 0 Å². The maximum absolute atomic E-state index is 12.7. The van der Waals surface area contributed by atoms with E-state index in [1.165, 1.54) is 38.8 Å². The summed E-state index contributed by atoms with van der Waals surface area (Å²) in [6.07, 6.45) is 6.90. The van der Waals surface area contributed by atoms with E-state index in [9.17, 15) is 4.79 Å². The molecule has 1 saturated carbocycles. The first-order valence-electron chi connectivity index (χ1n) is 8.39. The van der Waals surface area contributed by atoms with Crippen LogP contribution < -0.4 is 5.32 Å². The molecule has 22 heavy (non-hydrogen) atoms. The largest absolute Gasteiger partial charge is 0.361 e. The van der Waals surface area contributed by atoms with Gasteiger partial charge in [-0.2, -0.15) is 0 Å². The summed E-state index contributed by atoms with van der Waals surface area (Å²) in [6, 6.07) is 8.30. The lowest BCUT2D eigenvalue weighted by molar-refractivity contribution is -0.00144. The van der Waals surface area contributed by atoms with Crippen molar-refractivity contribution in [2.45, 2.75) is 37.3 Å².